The van der Waals surface area contributed by atoms with Crippen molar-refractivity contribution in [2.45, 2.75) is 24.9 Å². The van der Waals surface area contributed by atoms with Crippen LogP contribution in [0.25, 0.3) is 22.3 Å². The standard InChI is InChI=1S/C26H23FN10O/c1-13-30-25(36-38-13)26(15-11-29-37(2)12-15)22-17(21-18(28)4-3-5-19(21)31-22)10-20(33-26)24-32-23(34-35-24)14-6-8-16(27)9-7-14/h3-9,11-12,20,31,33H,10,28H2,1-2H3,(H,32,34,35)/t20-,26?/m1/s1. The number of aromatic amines is 2. The van der Waals surface area contributed by atoms with Gasteiger partial charge >= 0.3 is 0 Å². The molecule has 11 nitrogen and oxygen atoms in total. The van der Waals surface area contributed by atoms with Crippen LogP contribution in [0.4, 0.5) is 10.1 Å². The van der Waals surface area contributed by atoms with Gasteiger partial charge in [-0.15, -0.1) is 0 Å². The molecule has 0 spiro atoms. The van der Waals surface area contributed by atoms with Crippen LogP contribution in [-0.2, 0) is 19.0 Å². The molecule has 0 aliphatic carbocycles. The van der Waals surface area contributed by atoms with E-state index in [4.69, 9.17) is 15.2 Å². The fourth-order valence-corrected chi connectivity index (χ4v) is 5.38. The summed E-state index contributed by atoms with van der Waals surface area (Å²) in [5.74, 6) is 1.61. The number of hydrogen-bond donors (Lipinski definition) is 4. The van der Waals surface area contributed by atoms with Crippen LogP contribution in [0.3, 0.4) is 0 Å². The molecule has 2 atom stereocenters. The number of aromatic nitrogens is 8. The molecule has 0 amide bonds. The summed E-state index contributed by atoms with van der Waals surface area (Å²) < 4.78 is 20.7. The number of nitrogen functional groups attached to an aromatic ring is 1. The molecule has 38 heavy (non-hydrogen) atoms. The van der Waals surface area contributed by atoms with Gasteiger partial charge in [-0.3, -0.25) is 15.1 Å². The second-order valence-electron chi connectivity index (χ2n) is 9.49. The fourth-order valence-electron chi connectivity index (χ4n) is 5.38. The lowest BCUT2D eigenvalue weighted by Crippen LogP contribution is -2.51. The summed E-state index contributed by atoms with van der Waals surface area (Å²) in [7, 11) is 1.86. The molecular weight excluding hydrogens is 487 g/mol. The Morgan fingerprint density at radius 3 is 2.74 bits per heavy atom. The first-order valence-electron chi connectivity index (χ1n) is 12.1. The Balaban J connectivity index is 1.46. The number of rotatable bonds is 4. The summed E-state index contributed by atoms with van der Waals surface area (Å²) in [4.78, 5) is 13.0. The lowest BCUT2D eigenvalue weighted by Gasteiger charge is -2.39. The molecule has 6 aromatic rings. The molecule has 7 rings (SSSR count). The number of H-pyrrole nitrogens is 2. The summed E-state index contributed by atoms with van der Waals surface area (Å²) in [6.45, 7) is 1.75. The van der Waals surface area contributed by atoms with Gasteiger partial charge in [0.05, 0.1) is 17.9 Å². The molecule has 5 N–H and O–H groups in total. The van der Waals surface area contributed by atoms with Gasteiger partial charge in [-0.1, -0.05) is 11.2 Å². The largest absolute Gasteiger partial charge is 0.398 e. The van der Waals surface area contributed by atoms with Crippen molar-refractivity contribution in [2.24, 2.45) is 7.05 Å². The molecule has 0 radical (unpaired) electrons. The third-order valence-corrected chi connectivity index (χ3v) is 7.07. The zero-order valence-corrected chi connectivity index (χ0v) is 20.5. The predicted molar refractivity (Wildman–Crippen MR) is 136 cm³/mol. The van der Waals surface area contributed by atoms with Crippen molar-refractivity contribution in [1.82, 2.24) is 45.4 Å². The van der Waals surface area contributed by atoms with Gasteiger partial charge in [0.2, 0.25) is 11.7 Å². The van der Waals surface area contributed by atoms with Crippen molar-refractivity contribution >= 4 is 16.6 Å². The van der Waals surface area contributed by atoms with E-state index >= 15 is 0 Å². The van der Waals surface area contributed by atoms with Crippen LogP contribution in [-0.4, -0.2) is 40.1 Å². The van der Waals surface area contributed by atoms with E-state index in [2.05, 4.69) is 35.7 Å². The molecule has 0 bridgehead atoms. The Kier molecular flexibility index (Phi) is 4.76. The molecule has 0 saturated heterocycles. The van der Waals surface area contributed by atoms with Gasteiger partial charge in [0.25, 0.3) is 0 Å². The van der Waals surface area contributed by atoms with Crippen LogP contribution in [0.15, 0.2) is 59.4 Å². The predicted octanol–water partition coefficient (Wildman–Crippen LogP) is 3.28. The molecule has 1 unspecified atom stereocenters. The van der Waals surface area contributed by atoms with E-state index in [1.54, 1.807) is 29.9 Å². The maximum Gasteiger partial charge on any atom is 0.223 e. The average molecular weight is 511 g/mol. The smallest absolute Gasteiger partial charge is 0.223 e. The normalized spacial score (nSPS) is 19.2. The first kappa shape index (κ1) is 22.4. The highest BCUT2D eigenvalue weighted by Crippen LogP contribution is 2.46. The second-order valence-corrected chi connectivity index (χ2v) is 9.49. The van der Waals surface area contributed by atoms with Crippen molar-refractivity contribution in [1.29, 1.82) is 0 Å². The van der Waals surface area contributed by atoms with Crippen molar-refractivity contribution in [3.63, 3.8) is 0 Å². The summed E-state index contributed by atoms with van der Waals surface area (Å²) in [6, 6.07) is 11.5. The number of fused-ring (bicyclic) bond motifs is 3. The molecule has 190 valence electrons. The minimum Gasteiger partial charge on any atom is -0.398 e. The summed E-state index contributed by atoms with van der Waals surface area (Å²) >= 11 is 0. The Labute approximate surface area is 215 Å². The van der Waals surface area contributed by atoms with Gasteiger partial charge in [0, 0.05) is 47.9 Å². The van der Waals surface area contributed by atoms with Crippen LogP contribution < -0.4 is 11.1 Å². The van der Waals surface area contributed by atoms with Gasteiger partial charge in [-0.05, 0) is 48.4 Å². The van der Waals surface area contributed by atoms with Gasteiger partial charge in [-0.2, -0.15) is 15.2 Å². The molecular formula is C26H23FN10O. The Morgan fingerprint density at radius 2 is 2.00 bits per heavy atom. The third-order valence-electron chi connectivity index (χ3n) is 7.07. The Morgan fingerprint density at radius 1 is 1.16 bits per heavy atom. The highest BCUT2D eigenvalue weighted by Gasteiger charge is 2.50. The zero-order chi connectivity index (χ0) is 26.0. The topological polar surface area (TPSA) is 152 Å². The average Bonchev–Trinajstić information content (AvgIpc) is 3.70. The van der Waals surface area contributed by atoms with Gasteiger partial charge in [0.1, 0.15) is 11.6 Å². The molecule has 0 saturated carbocycles. The molecule has 12 heteroatoms. The maximum absolute atomic E-state index is 13.5. The third kappa shape index (κ3) is 3.27. The van der Waals surface area contributed by atoms with E-state index < -0.39 is 5.54 Å². The lowest BCUT2D eigenvalue weighted by molar-refractivity contribution is 0.317. The van der Waals surface area contributed by atoms with Crippen molar-refractivity contribution < 1.29 is 8.91 Å². The van der Waals surface area contributed by atoms with Gasteiger partial charge in [-0.25, -0.2) is 9.37 Å². The summed E-state index contributed by atoms with van der Waals surface area (Å²) in [6.07, 6.45) is 4.26. The zero-order valence-electron chi connectivity index (χ0n) is 20.5. The quantitative estimate of drug-likeness (QED) is 0.264. The first-order chi connectivity index (χ1) is 18.4. The number of nitrogens with zero attached hydrogens (tertiary/aromatic N) is 6. The maximum atomic E-state index is 13.5. The van der Waals surface area contributed by atoms with Crippen LogP contribution in [0.5, 0.6) is 0 Å². The van der Waals surface area contributed by atoms with Gasteiger partial charge < -0.3 is 15.2 Å². The number of anilines is 1. The van der Waals surface area contributed by atoms with Crippen molar-refractivity contribution in [3.05, 3.63) is 95.0 Å². The van der Waals surface area contributed by atoms with Crippen molar-refractivity contribution in [3.8, 4) is 11.4 Å². The molecule has 1 aliphatic heterocycles. The van der Waals surface area contributed by atoms with Crippen LogP contribution in [0.2, 0.25) is 0 Å². The number of hydrogen-bond acceptors (Lipinski definition) is 8. The van der Waals surface area contributed by atoms with Crippen LogP contribution >= 0.6 is 0 Å². The summed E-state index contributed by atoms with van der Waals surface area (Å²) in [5.41, 5.74) is 10.4. The lowest BCUT2D eigenvalue weighted by atomic mass is 9.79. The van der Waals surface area contributed by atoms with Crippen molar-refractivity contribution in [2.75, 3.05) is 5.73 Å². The van der Waals surface area contributed by atoms with E-state index in [0.29, 0.717) is 41.0 Å². The number of halogens is 1. The first-order valence-corrected chi connectivity index (χ1v) is 12.1. The number of nitrogens with one attached hydrogen (secondary N) is 3. The number of aryl methyl sites for hydroxylation is 2. The SMILES string of the molecule is Cc1nc(C2(c3cnn(C)c3)N[C@@H](c3nc(-c4ccc(F)cc4)n[nH]3)Cc3c2[nH]c2cccc(N)c32)no1. The fraction of sp³-hybridized carbons (Fsp3) is 0.192. The van der Waals surface area contributed by atoms with E-state index in [9.17, 15) is 4.39 Å². The highest BCUT2D eigenvalue weighted by molar-refractivity contribution is 5.95. The van der Waals surface area contributed by atoms with Crippen LogP contribution in [0.1, 0.15) is 40.4 Å². The van der Waals surface area contributed by atoms with Gasteiger partial charge in [0.15, 0.2) is 11.4 Å². The Hall–Kier alpha value is -4.84. The minimum absolute atomic E-state index is 0.320. The van der Waals surface area contributed by atoms with E-state index in [1.807, 2.05) is 31.4 Å². The van der Waals surface area contributed by atoms with E-state index in [-0.39, 0.29) is 11.9 Å². The monoisotopic (exact) mass is 510 g/mol. The molecule has 4 aromatic heterocycles. The minimum atomic E-state index is -1.06. The Bertz CT molecular complexity index is 1750. The number of nitrogens with two attached hydrogens (primary N) is 1. The number of benzene rings is 2. The highest BCUT2D eigenvalue weighted by atomic mass is 19.1. The summed E-state index contributed by atoms with van der Waals surface area (Å²) in [5, 5.41) is 21.0. The molecule has 1 aliphatic rings. The van der Waals surface area contributed by atoms with E-state index in [0.717, 1.165) is 27.7 Å². The molecule has 2 aromatic carbocycles. The van der Waals surface area contributed by atoms with E-state index in [1.165, 1.54) is 12.1 Å². The second kappa shape index (κ2) is 8.08. The molecule has 5 heterocycles. The molecule has 0 fully saturated rings. The van der Waals surface area contributed by atoms with Crippen LogP contribution in [0, 0.1) is 12.7 Å².